The molecule has 0 atom stereocenters. The Kier molecular flexibility index (Phi) is 3.58. The third-order valence-electron chi connectivity index (χ3n) is 2.73. The molecule has 0 aliphatic heterocycles. The van der Waals surface area contributed by atoms with Gasteiger partial charge in [0.15, 0.2) is 0 Å². The average Bonchev–Trinajstić information content (AvgIpc) is 2.89. The van der Waals surface area contributed by atoms with Crippen molar-refractivity contribution in [2.75, 3.05) is 7.05 Å². The molecule has 0 saturated carbocycles. The van der Waals surface area contributed by atoms with Gasteiger partial charge in [0.2, 0.25) is 0 Å². The predicted molar refractivity (Wildman–Crippen MR) is 66.7 cm³/mol. The van der Waals surface area contributed by atoms with Gasteiger partial charge < -0.3 is 9.88 Å². The minimum Gasteiger partial charge on any atom is -0.343 e. The minimum absolute atomic E-state index is 0.343. The van der Waals surface area contributed by atoms with Gasteiger partial charge in [-0.2, -0.15) is 5.10 Å². The summed E-state index contributed by atoms with van der Waals surface area (Å²) in [6, 6.07) is 4.52. The maximum atomic E-state index is 4.32. The van der Waals surface area contributed by atoms with Crippen molar-refractivity contribution in [2.45, 2.75) is 33.0 Å². The van der Waals surface area contributed by atoms with E-state index in [9.17, 15) is 0 Å². The van der Waals surface area contributed by atoms with Gasteiger partial charge in [0.1, 0.15) is 12.2 Å². The summed E-state index contributed by atoms with van der Waals surface area (Å²) in [4.78, 5) is 4.32. The highest BCUT2D eigenvalue weighted by atomic mass is 15.4. The first kappa shape index (κ1) is 11.9. The second-order valence-electron chi connectivity index (χ2n) is 4.37. The van der Waals surface area contributed by atoms with Gasteiger partial charge in [-0.15, -0.1) is 0 Å². The van der Waals surface area contributed by atoms with Crippen LogP contribution in [0.5, 0.6) is 0 Å². The van der Waals surface area contributed by atoms with E-state index in [0.29, 0.717) is 6.04 Å². The molecule has 0 unspecified atom stereocenters. The molecule has 0 aliphatic rings. The van der Waals surface area contributed by atoms with Gasteiger partial charge in [-0.1, -0.05) is 0 Å². The zero-order chi connectivity index (χ0) is 12.3. The number of aromatic nitrogens is 4. The van der Waals surface area contributed by atoms with Gasteiger partial charge in [-0.05, 0) is 33.0 Å². The number of nitrogens with zero attached hydrogens (tertiary/aromatic N) is 4. The van der Waals surface area contributed by atoms with E-state index in [4.69, 9.17) is 0 Å². The topological polar surface area (TPSA) is 47.7 Å². The van der Waals surface area contributed by atoms with Crippen molar-refractivity contribution in [3.8, 4) is 0 Å². The monoisotopic (exact) mass is 233 g/mol. The number of hydrogen-bond acceptors (Lipinski definition) is 3. The molecule has 5 nitrogen and oxygen atoms in total. The van der Waals surface area contributed by atoms with Crippen LogP contribution in [0.2, 0.25) is 0 Å². The molecule has 2 rings (SSSR count). The lowest BCUT2D eigenvalue weighted by molar-refractivity contribution is 0.493. The van der Waals surface area contributed by atoms with Crippen LogP contribution in [0.4, 0.5) is 0 Å². The van der Waals surface area contributed by atoms with E-state index in [1.54, 1.807) is 6.33 Å². The summed E-state index contributed by atoms with van der Waals surface area (Å²) in [5.74, 6) is 0.994. The summed E-state index contributed by atoms with van der Waals surface area (Å²) in [5, 5.41) is 7.41. The van der Waals surface area contributed by atoms with Crippen LogP contribution >= 0.6 is 0 Å². The highest BCUT2D eigenvalue weighted by Gasteiger charge is 2.09. The normalized spacial score (nSPS) is 11.3. The fourth-order valence-electron chi connectivity index (χ4n) is 1.92. The van der Waals surface area contributed by atoms with Crippen molar-refractivity contribution in [3.63, 3.8) is 0 Å². The van der Waals surface area contributed by atoms with E-state index in [-0.39, 0.29) is 0 Å². The standard InChI is InChI=1S/C12H19N5/c1-10(2)17-12(14-9-15-17)8-16-6-4-5-11(16)7-13-3/h4-6,9-10,13H,7-8H2,1-3H3. The SMILES string of the molecule is CNCc1cccn1Cc1ncnn1C(C)C. The van der Waals surface area contributed by atoms with E-state index < -0.39 is 0 Å². The highest BCUT2D eigenvalue weighted by Crippen LogP contribution is 2.09. The Labute approximate surface area is 101 Å². The second kappa shape index (κ2) is 5.14. The number of rotatable bonds is 5. The van der Waals surface area contributed by atoms with Crippen molar-refractivity contribution in [1.29, 1.82) is 0 Å². The molecule has 0 saturated heterocycles. The molecular weight excluding hydrogens is 214 g/mol. The molecule has 5 heteroatoms. The van der Waals surface area contributed by atoms with E-state index in [1.165, 1.54) is 5.69 Å². The van der Waals surface area contributed by atoms with Gasteiger partial charge >= 0.3 is 0 Å². The average molecular weight is 233 g/mol. The fourth-order valence-corrected chi connectivity index (χ4v) is 1.92. The Morgan fingerprint density at radius 1 is 1.41 bits per heavy atom. The van der Waals surface area contributed by atoms with Gasteiger partial charge in [0.05, 0.1) is 6.54 Å². The van der Waals surface area contributed by atoms with Crippen LogP contribution in [-0.4, -0.2) is 26.4 Å². The molecule has 0 spiro atoms. The summed E-state index contributed by atoms with van der Waals surface area (Å²) in [6.07, 6.45) is 3.70. The van der Waals surface area contributed by atoms with Gasteiger partial charge in [0, 0.05) is 24.5 Å². The Bertz CT molecular complexity index is 469. The van der Waals surface area contributed by atoms with Crippen LogP contribution in [-0.2, 0) is 13.1 Å². The van der Waals surface area contributed by atoms with Crippen LogP contribution in [0.25, 0.3) is 0 Å². The molecule has 0 bridgehead atoms. The molecule has 0 radical (unpaired) electrons. The highest BCUT2D eigenvalue weighted by molar-refractivity contribution is 5.08. The van der Waals surface area contributed by atoms with E-state index in [0.717, 1.165) is 18.9 Å². The van der Waals surface area contributed by atoms with E-state index in [1.807, 2.05) is 11.7 Å². The lowest BCUT2D eigenvalue weighted by Crippen LogP contribution is -2.15. The molecule has 1 N–H and O–H groups in total. The summed E-state index contributed by atoms with van der Waals surface area (Å²) < 4.78 is 4.16. The largest absolute Gasteiger partial charge is 0.343 e. The maximum Gasteiger partial charge on any atom is 0.147 e. The van der Waals surface area contributed by atoms with Gasteiger partial charge in [0.25, 0.3) is 0 Å². The Morgan fingerprint density at radius 3 is 2.94 bits per heavy atom. The van der Waals surface area contributed by atoms with Crippen molar-refractivity contribution in [1.82, 2.24) is 24.6 Å². The lowest BCUT2D eigenvalue weighted by atomic mass is 10.4. The van der Waals surface area contributed by atoms with Crippen LogP contribution in [0, 0.1) is 0 Å². The smallest absolute Gasteiger partial charge is 0.147 e. The molecule has 0 fully saturated rings. The lowest BCUT2D eigenvalue weighted by Gasteiger charge is -2.12. The predicted octanol–water partition coefficient (Wildman–Crippen LogP) is 1.43. The first-order valence-electron chi connectivity index (χ1n) is 5.89. The molecule has 2 aromatic rings. The quantitative estimate of drug-likeness (QED) is 0.850. The first-order chi connectivity index (χ1) is 8.22. The van der Waals surface area contributed by atoms with Crippen molar-refractivity contribution >= 4 is 0 Å². The van der Waals surface area contributed by atoms with Crippen molar-refractivity contribution in [2.24, 2.45) is 0 Å². The molecule has 17 heavy (non-hydrogen) atoms. The molecule has 2 aromatic heterocycles. The van der Waals surface area contributed by atoms with Gasteiger partial charge in [-0.3, -0.25) is 0 Å². The van der Waals surface area contributed by atoms with Crippen LogP contribution in [0.1, 0.15) is 31.4 Å². The summed E-state index contributed by atoms with van der Waals surface area (Å²) in [7, 11) is 1.95. The van der Waals surface area contributed by atoms with Crippen LogP contribution in [0.15, 0.2) is 24.7 Å². The molecule has 0 aromatic carbocycles. The third-order valence-corrected chi connectivity index (χ3v) is 2.73. The van der Waals surface area contributed by atoms with E-state index >= 15 is 0 Å². The number of nitrogens with one attached hydrogen (secondary N) is 1. The fraction of sp³-hybridized carbons (Fsp3) is 0.500. The first-order valence-corrected chi connectivity index (χ1v) is 5.89. The van der Waals surface area contributed by atoms with E-state index in [2.05, 4.69) is 52.1 Å². The Hall–Kier alpha value is -1.62. The summed E-state index contributed by atoms with van der Waals surface area (Å²) in [6.45, 7) is 5.86. The zero-order valence-electron chi connectivity index (χ0n) is 10.6. The van der Waals surface area contributed by atoms with Crippen LogP contribution in [0.3, 0.4) is 0 Å². The molecular formula is C12H19N5. The second-order valence-corrected chi connectivity index (χ2v) is 4.37. The summed E-state index contributed by atoms with van der Waals surface area (Å²) >= 11 is 0. The minimum atomic E-state index is 0.343. The van der Waals surface area contributed by atoms with Crippen LogP contribution < -0.4 is 5.32 Å². The molecule has 0 amide bonds. The van der Waals surface area contributed by atoms with Crippen molar-refractivity contribution in [3.05, 3.63) is 36.2 Å². The maximum absolute atomic E-state index is 4.32. The zero-order valence-corrected chi connectivity index (χ0v) is 10.6. The number of hydrogen-bond donors (Lipinski definition) is 1. The molecule has 0 aliphatic carbocycles. The Morgan fingerprint density at radius 2 is 2.24 bits per heavy atom. The molecule has 2 heterocycles. The third kappa shape index (κ3) is 2.55. The Balaban J connectivity index is 2.19. The van der Waals surface area contributed by atoms with Gasteiger partial charge in [-0.25, -0.2) is 9.67 Å². The summed E-state index contributed by atoms with van der Waals surface area (Å²) in [5.41, 5.74) is 1.26. The van der Waals surface area contributed by atoms with Crippen molar-refractivity contribution < 1.29 is 0 Å². The molecule has 92 valence electrons.